The summed E-state index contributed by atoms with van der Waals surface area (Å²) in [5.74, 6) is 0.763. The molecule has 2 rings (SSSR count). The lowest BCUT2D eigenvalue weighted by atomic mass is 9.92. The van der Waals surface area contributed by atoms with Crippen molar-refractivity contribution in [2.75, 3.05) is 38.7 Å². The summed E-state index contributed by atoms with van der Waals surface area (Å²) in [5, 5.41) is 8.84. The third-order valence-electron chi connectivity index (χ3n) is 3.79. The van der Waals surface area contributed by atoms with Crippen LogP contribution < -0.4 is 0 Å². The Morgan fingerprint density at radius 3 is 2.45 bits per heavy atom. The predicted octanol–water partition coefficient (Wildman–Crippen LogP) is 2.42. The van der Waals surface area contributed by atoms with Crippen molar-refractivity contribution < 1.29 is 9.84 Å². The van der Waals surface area contributed by atoms with Crippen molar-refractivity contribution in [3.05, 3.63) is 29.8 Å². The highest BCUT2D eigenvalue weighted by atomic mass is 32.2. The van der Waals surface area contributed by atoms with Crippen molar-refractivity contribution in [3.63, 3.8) is 0 Å². The van der Waals surface area contributed by atoms with Gasteiger partial charge in [0, 0.05) is 29.3 Å². The first-order valence-corrected chi connectivity index (χ1v) is 8.26. The number of morpholine rings is 1. The maximum atomic E-state index is 8.84. The van der Waals surface area contributed by atoms with Crippen molar-refractivity contribution in [2.24, 2.45) is 0 Å². The van der Waals surface area contributed by atoms with E-state index in [1.165, 1.54) is 10.5 Å². The van der Waals surface area contributed by atoms with Crippen LogP contribution in [0.5, 0.6) is 0 Å². The molecule has 4 heteroatoms. The van der Waals surface area contributed by atoms with Gasteiger partial charge < -0.3 is 9.84 Å². The van der Waals surface area contributed by atoms with E-state index in [9.17, 15) is 0 Å². The normalized spacial score (nSPS) is 17.4. The first-order valence-electron chi connectivity index (χ1n) is 7.27. The van der Waals surface area contributed by atoms with Crippen LogP contribution in [0.2, 0.25) is 0 Å². The number of rotatable bonds is 6. The van der Waals surface area contributed by atoms with E-state index >= 15 is 0 Å². The van der Waals surface area contributed by atoms with E-state index in [1.807, 2.05) is 0 Å². The van der Waals surface area contributed by atoms with Gasteiger partial charge in [-0.3, -0.25) is 4.90 Å². The molecule has 1 saturated heterocycles. The molecule has 0 spiro atoms. The van der Waals surface area contributed by atoms with Crippen LogP contribution in [0.25, 0.3) is 0 Å². The Hall–Kier alpha value is -0.550. The van der Waals surface area contributed by atoms with Crippen LogP contribution in [0, 0.1) is 0 Å². The molecule has 1 aromatic carbocycles. The summed E-state index contributed by atoms with van der Waals surface area (Å²) in [6.45, 7) is 8.60. The monoisotopic (exact) mass is 295 g/mol. The van der Waals surface area contributed by atoms with Crippen LogP contribution in [-0.4, -0.2) is 54.2 Å². The van der Waals surface area contributed by atoms with E-state index < -0.39 is 0 Å². The summed E-state index contributed by atoms with van der Waals surface area (Å²) in [6, 6.07) is 8.74. The summed E-state index contributed by atoms with van der Waals surface area (Å²) in [5.41, 5.74) is 1.54. The maximum Gasteiger partial charge on any atom is 0.0594 e. The Morgan fingerprint density at radius 1 is 1.20 bits per heavy atom. The van der Waals surface area contributed by atoms with Gasteiger partial charge >= 0.3 is 0 Å². The molecule has 1 N–H and O–H groups in total. The number of aliphatic hydroxyl groups excluding tert-OH is 1. The molecule has 112 valence electrons. The first-order chi connectivity index (χ1) is 9.62. The smallest absolute Gasteiger partial charge is 0.0594 e. The molecule has 0 aromatic heterocycles. The highest BCUT2D eigenvalue weighted by Gasteiger charge is 2.28. The molecular formula is C16H25NO2S. The van der Waals surface area contributed by atoms with Gasteiger partial charge in [-0.05, 0) is 38.0 Å². The van der Waals surface area contributed by atoms with Crippen LogP contribution >= 0.6 is 11.8 Å². The molecule has 0 amide bonds. The summed E-state index contributed by atoms with van der Waals surface area (Å²) < 4.78 is 5.43. The Morgan fingerprint density at radius 2 is 1.85 bits per heavy atom. The minimum absolute atomic E-state index is 0.170. The first kappa shape index (κ1) is 15.8. The van der Waals surface area contributed by atoms with Crippen molar-refractivity contribution in [2.45, 2.75) is 30.7 Å². The molecule has 0 atom stereocenters. The molecule has 1 aliphatic rings. The third-order valence-corrected chi connectivity index (χ3v) is 4.78. The predicted molar refractivity (Wildman–Crippen MR) is 84.4 cm³/mol. The second-order valence-electron chi connectivity index (χ2n) is 5.80. The molecular weight excluding hydrogens is 270 g/mol. The highest BCUT2D eigenvalue weighted by molar-refractivity contribution is 7.99. The molecule has 1 aromatic rings. The quantitative estimate of drug-likeness (QED) is 0.817. The molecule has 20 heavy (non-hydrogen) atoms. The lowest BCUT2D eigenvalue weighted by Crippen LogP contribution is -2.51. The van der Waals surface area contributed by atoms with Gasteiger partial charge in [-0.2, -0.15) is 0 Å². The second kappa shape index (κ2) is 7.46. The zero-order valence-electron chi connectivity index (χ0n) is 12.5. The van der Waals surface area contributed by atoms with Gasteiger partial charge in [0.05, 0.1) is 19.8 Å². The number of hydrogen-bond donors (Lipinski definition) is 1. The van der Waals surface area contributed by atoms with E-state index in [0.29, 0.717) is 0 Å². The van der Waals surface area contributed by atoms with Crippen LogP contribution in [0.4, 0.5) is 0 Å². The minimum atomic E-state index is 0.170. The highest BCUT2D eigenvalue weighted by Crippen LogP contribution is 2.24. The summed E-state index contributed by atoms with van der Waals surface area (Å²) in [7, 11) is 0. The standard InChI is InChI=1S/C16H25NO2S/c1-16(2,17-7-10-19-11-8-17)13-14-3-5-15(6-4-14)20-12-9-18/h3-6,18H,7-13H2,1-2H3. The zero-order chi connectivity index (χ0) is 14.4. The van der Waals surface area contributed by atoms with E-state index in [4.69, 9.17) is 9.84 Å². The van der Waals surface area contributed by atoms with Gasteiger partial charge in [0.15, 0.2) is 0 Å². The molecule has 0 radical (unpaired) electrons. The average molecular weight is 295 g/mol. The van der Waals surface area contributed by atoms with Gasteiger partial charge in [0.2, 0.25) is 0 Å². The lowest BCUT2D eigenvalue weighted by Gasteiger charge is -2.41. The molecule has 3 nitrogen and oxygen atoms in total. The number of hydrogen-bond acceptors (Lipinski definition) is 4. The Kier molecular flexibility index (Phi) is 5.90. The van der Waals surface area contributed by atoms with E-state index in [0.717, 1.165) is 38.5 Å². The van der Waals surface area contributed by atoms with Crippen molar-refractivity contribution in [1.29, 1.82) is 0 Å². The molecule has 1 fully saturated rings. The number of benzene rings is 1. The van der Waals surface area contributed by atoms with Gasteiger partial charge in [-0.25, -0.2) is 0 Å². The van der Waals surface area contributed by atoms with Crippen LogP contribution in [0.15, 0.2) is 29.2 Å². The number of aliphatic hydroxyl groups is 1. The van der Waals surface area contributed by atoms with Crippen molar-refractivity contribution in [3.8, 4) is 0 Å². The minimum Gasteiger partial charge on any atom is -0.396 e. The third kappa shape index (κ3) is 4.48. The fourth-order valence-corrected chi connectivity index (χ4v) is 3.30. The SMILES string of the molecule is CC(C)(Cc1ccc(SCCO)cc1)N1CCOCC1. The van der Waals surface area contributed by atoms with Crippen LogP contribution in [0.1, 0.15) is 19.4 Å². The van der Waals surface area contributed by atoms with Crippen LogP contribution in [0.3, 0.4) is 0 Å². The Balaban J connectivity index is 1.94. The largest absolute Gasteiger partial charge is 0.396 e. The van der Waals surface area contributed by atoms with Crippen LogP contribution in [-0.2, 0) is 11.2 Å². The number of nitrogens with zero attached hydrogens (tertiary/aromatic N) is 1. The van der Waals surface area contributed by atoms with Gasteiger partial charge in [-0.1, -0.05) is 12.1 Å². The van der Waals surface area contributed by atoms with Crippen molar-refractivity contribution in [1.82, 2.24) is 4.90 Å². The number of ether oxygens (including phenoxy) is 1. The van der Waals surface area contributed by atoms with Crippen molar-refractivity contribution >= 4 is 11.8 Å². The summed E-state index contributed by atoms with van der Waals surface area (Å²) >= 11 is 1.70. The molecule has 0 bridgehead atoms. The number of thioether (sulfide) groups is 1. The van der Waals surface area contributed by atoms with E-state index in [-0.39, 0.29) is 12.1 Å². The maximum absolute atomic E-state index is 8.84. The molecule has 0 aliphatic carbocycles. The van der Waals surface area contributed by atoms with Gasteiger partial charge in [0.25, 0.3) is 0 Å². The molecule has 1 heterocycles. The Labute approximate surface area is 126 Å². The topological polar surface area (TPSA) is 32.7 Å². The average Bonchev–Trinajstić information content (AvgIpc) is 2.47. The van der Waals surface area contributed by atoms with E-state index in [2.05, 4.69) is 43.0 Å². The second-order valence-corrected chi connectivity index (χ2v) is 6.97. The molecule has 0 saturated carbocycles. The van der Waals surface area contributed by atoms with E-state index in [1.54, 1.807) is 11.8 Å². The van der Waals surface area contributed by atoms with Gasteiger partial charge in [-0.15, -0.1) is 11.8 Å². The Bertz CT molecular complexity index is 399. The molecule has 1 aliphatic heterocycles. The summed E-state index contributed by atoms with van der Waals surface area (Å²) in [6.07, 6.45) is 1.05. The lowest BCUT2D eigenvalue weighted by molar-refractivity contribution is -0.00984. The zero-order valence-corrected chi connectivity index (χ0v) is 13.3. The fourth-order valence-electron chi connectivity index (χ4n) is 2.65. The fraction of sp³-hybridized carbons (Fsp3) is 0.625. The molecule has 0 unspecified atom stereocenters. The summed E-state index contributed by atoms with van der Waals surface area (Å²) in [4.78, 5) is 3.75. The van der Waals surface area contributed by atoms with Gasteiger partial charge in [0.1, 0.15) is 0 Å².